The van der Waals surface area contributed by atoms with Crippen molar-refractivity contribution in [2.24, 2.45) is 10.8 Å². The molecule has 0 saturated carbocycles. The summed E-state index contributed by atoms with van der Waals surface area (Å²) in [4.78, 5) is 0. The average molecular weight is 713 g/mol. The van der Waals surface area contributed by atoms with Crippen molar-refractivity contribution in [2.75, 3.05) is 39.6 Å². The van der Waals surface area contributed by atoms with Crippen molar-refractivity contribution in [3.63, 3.8) is 0 Å². The summed E-state index contributed by atoms with van der Waals surface area (Å²) in [6, 6.07) is 0. The molecule has 10 nitrogen and oxygen atoms in total. The van der Waals surface area contributed by atoms with Crippen molar-refractivity contribution in [3.8, 4) is 0 Å². The smallest absolute Gasteiger partial charge is 0.172 e. The molecule has 0 radical (unpaired) electrons. The quantitative estimate of drug-likeness (QED) is 0.119. The Morgan fingerprint density at radius 2 is 0.900 bits per heavy atom. The summed E-state index contributed by atoms with van der Waals surface area (Å²) in [6.07, 6.45) is 11.3. The molecule has 294 valence electrons. The Kier molecular flexibility index (Phi) is 13.7. The minimum atomic E-state index is -0.715. The summed E-state index contributed by atoms with van der Waals surface area (Å²) in [7, 11) is 0. The summed E-state index contributed by atoms with van der Waals surface area (Å²) < 4.78 is 40.4. The SMILES string of the molecule is CCCCCC(OCC1(CC)COC2(CC(C)(C)N(O)C(CC)(CC)C2)OC1)OCC1(CC)COC2(CC(C)(C)N(O)C(CC)(CC)C2)OC1. The van der Waals surface area contributed by atoms with E-state index >= 15 is 0 Å². The molecule has 50 heavy (non-hydrogen) atoms. The zero-order valence-corrected chi connectivity index (χ0v) is 34.0. The summed E-state index contributed by atoms with van der Waals surface area (Å²) in [5, 5.41) is 25.6. The van der Waals surface area contributed by atoms with Crippen LogP contribution >= 0.6 is 0 Å². The number of hydrogen-bond acceptors (Lipinski definition) is 10. The first-order valence-electron chi connectivity index (χ1n) is 20.2. The number of hydroxylamine groups is 4. The van der Waals surface area contributed by atoms with E-state index in [2.05, 4.69) is 76.2 Å². The molecule has 4 heterocycles. The topological polar surface area (TPSA) is 102 Å². The highest BCUT2D eigenvalue weighted by atomic mass is 16.7. The summed E-state index contributed by atoms with van der Waals surface area (Å²) in [6.45, 7) is 26.7. The van der Waals surface area contributed by atoms with Crippen LogP contribution in [0.1, 0.15) is 166 Å². The zero-order valence-electron chi connectivity index (χ0n) is 34.0. The molecule has 4 aliphatic rings. The minimum absolute atomic E-state index is 0.273. The van der Waals surface area contributed by atoms with Gasteiger partial charge in [0.2, 0.25) is 0 Å². The maximum Gasteiger partial charge on any atom is 0.172 e. The molecule has 4 saturated heterocycles. The van der Waals surface area contributed by atoms with Crippen molar-refractivity contribution < 1.29 is 38.8 Å². The Hall–Kier alpha value is -0.400. The molecule has 4 fully saturated rings. The highest BCUT2D eigenvalue weighted by molar-refractivity contribution is 5.06. The first-order valence-corrected chi connectivity index (χ1v) is 20.2. The van der Waals surface area contributed by atoms with Gasteiger partial charge < -0.3 is 38.8 Å². The predicted molar refractivity (Wildman–Crippen MR) is 195 cm³/mol. The standard InChI is InChI=1S/C40H76N2O8/c1-12-19-20-21-32(45-26-35(13-2)28-47-39(48-29-35)22-33(8,9)41(43)37(15-4,16-5)24-39)46-27-36(14-3)30-49-40(50-31-36)23-34(10,11)42(44)38(17-6,18-7)25-40/h32,43-44H,12-31H2,1-11H3. The second-order valence-corrected chi connectivity index (χ2v) is 18.0. The molecule has 0 aromatic rings. The minimum Gasteiger partial charge on any atom is -0.352 e. The molecule has 4 aliphatic heterocycles. The van der Waals surface area contributed by atoms with Gasteiger partial charge in [0.15, 0.2) is 17.9 Å². The number of hydrogen-bond donors (Lipinski definition) is 2. The third-order valence-corrected chi connectivity index (χ3v) is 13.5. The maximum absolute atomic E-state index is 11.2. The Balaban J connectivity index is 1.40. The van der Waals surface area contributed by atoms with E-state index in [1.165, 1.54) is 0 Å². The molecule has 0 aromatic heterocycles. The van der Waals surface area contributed by atoms with Gasteiger partial charge >= 0.3 is 0 Å². The molecule has 10 heteroatoms. The molecule has 0 unspecified atom stereocenters. The second-order valence-electron chi connectivity index (χ2n) is 18.0. The van der Waals surface area contributed by atoms with Crippen LogP contribution in [0.4, 0.5) is 0 Å². The van der Waals surface area contributed by atoms with E-state index in [0.717, 1.165) is 64.2 Å². The van der Waals surface area contributed by atoms with E-state index in [1.807, 2.05) is 0 Å². The van der Waals surface area contributed by atoms with Gasteiger partial charge in [0.05, 0.1) is 50.7 Å². The zero-order chi connectivity index (χ0) is 37.1. The van der Waals surface area contributed by atoms with Crippen LogP contribution in [-0.4, -0.2) is 100 Å². The molecule has 0 bridgehead atoms. The van der Waals surface area contributed by atoms with Crippen LogP contribution in [0, 0.1) is 10.8 Å². The molecular formula is C40H76N2O8. The highest BCUT2D eigenvalue weighted by Crippen LogP contribution is 2.52. The number of nitrogens with zero attached hydrogens (tertiary/aromatic N) is 2. The Bertz CT molecular complexity index is 980. The van der Waals surface area contributed by atoms with Crippen molar-refractivity contribution >= 4 is 0 Å². The molecule has 2 spiro atoms. The van der Waals surface area contributed by atoms with E-state index in [0.29, 0.717) is 65.3 Å². The second kappa shape index (κ2) is 16.1. The predicted octanol–water partition coefficient (Wildman–Crippen LogP) is 8.85. The largest absolute Gasteiger partial charge is 0.352 e. The monoisotopic (exact) mass is 713 g/mol. The van der Waals surface area contributed by atoms with E-state index in [1.54, 1.807) is 10.1 Å². The van der Waals surface area contributed by atoms with Crippen LogP contribution in [0.15, 0.2) is 0 Å². The van der Waals surface area contributed by atoms with Crippen LogP contribution in [0.5, 0.6) is 0 Å². The fourth-order valence-corrected chi connectivity index (χ4v) is 9.44. The Labute approximate surface area is 305 Å². The summed E-state index contributed by atoms with van der Waals surface area (Å²) in [5.41, 5.74) is -2.24. The molecule has 0 atom stereocenters. The third-order valence-electron chi connectivity index (χ3n) is 13.5. The van der Waals surface area contributed by atoms with Gasteiger partial charge in [0, 0.05) is 47.6 Å². The van der Waals surface area contributed by atoms with Gasteiger partial charge in [0.1, 0.15) is 0 Å². The first-order chi connectivity index (χ1) is 23.5. The lowest BCUT2D eigenvalue weighted by atomic mass is 9.72. The van der Waals surface area contributed by atoms with E-state index in [4.69, 9.17) is 28.4 Å². The summed E-state index contributed by atoms with van der Waals surface area (Å²) >= 11 is 0. The van der Waals surface area contributed by atoms with Gasteiger partial charge in [-0.05, 0) is 79.1 Å². The van der Waals surface area contributed by atoms with Crippen molar-refractivity contribution in [2.45, 2.75) is 206 Å². The molecule has 0 aliphatic carbocycles. The molecule has 0 amide bonds. The van der Waals surface area contributed by atoms with Gasteiger partial charge in [0.25, 0.3) is 0 Å². The van der Waals surface area contributed by atoms with Crippen molar-refractivity contribution in [3.05, 3.63) is 0 Å². The molecule has 4 rings (SSSR count). The van der Waals surface area contributed by atoms with Gasteiger partial charge in [-0.25, -0.2) is 0 Å². The number of rotatable bonds is 16. The van der Waals surface area contributed by atoms with Gasteiger partial charge in [-0.15, -0.1) is 0 Å². The van der Waals surface area contributed by atoms with Gasteiger partial charge in [-0.2, -0.15) is 10.1 Å². The van der Waals surface area contributed by atoms with Crippen LogP contribution in [0.3, 0.4) is 0 Å². The van der Waals surface area contributed by atoms with Crippen LogP contribution in [-0.2, 0) is 28.4 Å². The first kappa shape index (κ1) is 42.3. The van der Waals surface area contributed by atoms with Crippen molar-refractivity contribution in [1.29, 1.82) is 0 Å². The van der Waals surface area contributed by atoms with Crippen LogP contribution < -0.4 is 0 Å². The maximum atomic E-state index is 11.2. The van der Waals surface area contributed by atoms with E-state index in [9.17, 15) is 10.4 Å². The Morgan fingerprint density at radius 3 is 1.20 bits per heavy atom. The lowest BCUT2D eigenvalue weighted by Gasteiger charge is -2.60. The highest BCUT2D eigenvalue weighted by Gasteiger charge is 2.60. The number of piperidine rings is 2. The van der Waals surface area contributed by atoms with E-state index < -0.39 is 22.7 Å². The normalized spacial score (nSPS) is 32.3. The molecule has 0 aromatic carbocycles. The van der Waals surface area contributed by atoms with Gasteiger partial charge in [-0.1, -0.05) is 61.3 Å². The third kappa shape index (κ3) is 8.45. The van der Waals surface area contributed by atoms with Crippen molar-refractivity contribution in [1.82, 2.24) is 10.1 Å². The molecule has 2 N–H and O–H groups in total. The number of unbranched alkanes of at least 4 members (excludes halogenated alkanes) is 2. The number of ether oxygens (including phenoxy) is 6. The van der Waals surface area contributed by atoms with Crippen LogP contribution in [0.25, 0.3) is 0 Å². The Morgan fingerprint density at radius 1 is 0.540 bits per heavy atom. The lowest BCUT2D eigenvalue weighted by molar-refractivity contribution is -0.384. The molecular weight excluding hydrogens is 636 g/mol. The fourth-order valence-electron chi connectivity index (χ4n) is 9.44. The van der Waals surface area contributed by atoms with Gasteiger partial charge in [-0.3, -0.25) is 0 Å². The van der Waals surface area contributed by atoms with Crippen LogP contribution in [0.2, 0.25) is 0 Å². The average Bonchev–Trinajstić information content (AvgIpc) is 3.11. The van der Waals surface area contributed by atoms with E-state index in [-0.39, 0.29) is 28.2 Å². The lowest BCUT2D eigenvalue weighted by Crippen LogP contribution is -2.69. The summed E-state index contributed by atoms with van der Waals surface area (Å²) in [5.74, 6) is -1.43. The fraction of sp³-hybridized carbons (Fsp3) is 1.00.